The third-order valence-electron chi connectivity index (χ3n) is 4.27. The van der Waals surface area contributed by atoms with Gasteiger partial charge in [-0.2, -0.15) is 0 Å². The van der Waals surface area contributed by atoms with E-state index in [-0.39, 0.29) is 5.78 Å². The number of nitrogens with zero attached hydrogens (tertiary/aromatic N) is 1. The Hall–Kier alpha value is -3.98. The van der Waals surface area contributed by atoms with E-state index >= 15 is 0 Å². The van der Waals surface area contributed by atoms with Gasteiger partial charge in [-0.05, 0) is 0 Å². The molecule has 29 heavy (non-hydrogen) atoms. The fourth-order valence-electron chi connectivity index (χ4n) is 2.82. The van der Waals surface area contributed by atoms with Crippen LogP contribution in [-0.2, 0) is 0 Å². The molecular formula is C26H21NO2. The molecule has 142 valence electrons. The number of hydrogen-bond donors (Lipinski definition) is 1. The highest BCUT2D eigenvalue weighted by Crippen LogP contribution is 2.10. The summed E-state index contributed by atoms with van der Waals surface area (Å²) < 4.78 is 0. The lowest BCUT2D eigenvalue weighted by atomic mass is 10.0. The van der Waals surface area contributed by atoms with Gasteiger partial charge in [-0.3, -0.25) is 4.79 Å². The van der Waals surface area contributed by atoms with Crippen molar-refractivity contribution in [2.75, 3.05) is 0 Å². The van der Waals surface area contributed by atoms with Gasteiger partial charge in [0.25, 0.3) is 0 Å². The van der Waals surface area contributed by atoms with Crippen molar-refractivity contribution >= 4 is 11.5 Å². The molecule has 0 fully saturated rings. The largest absolute Gasteiger partial charge is 0.410 e. The molecule has 4 aromatic rings. The van der Waals surface area contributed by atoms with Gasteiger partial charge < -0.3 is 5.21 Å². The molecule has 3 heteroatoms. The van der Waals surface area contributed by atoms with Crippen LogP contribution in [0.15, 0.2) is 126 Å². The average Bonchev–Trinajstić information content (AvgIpc) is 2.82. The molecule has 0 aromatic heterocycles. The molecule has 4 rings (SSSR count). The van der Waals surface area contributed by atoms with Gasteiger partial charge in [-0.25, -0.2) is 0 Å². The number of oxime groups is 1. The molecular weight excluding hydrogens is 358 g/mol. The number of hydrogen-bond acceptors (Lipinski definition) is 3. The van der Waals surface area contributed by atoms with Gasteiger partial charge in [-0.15, -0.1) is 0 Å². The second-order valence-corrected chi connectivity index (χ2v) is 6.24. The average molecular weight is 379 g/mol. The van der Waals surface area contributed by atoms with Gasteiger partial charge in [0.2, 0.25) is 0 Å². The van der Waals surface area contributed by atoms with Gasteiger partial charge in [0.1, 0.15) is 5.71 Å². The van der Waals surface area contributed by atoms with E-state index in [1.54, 1.807) is 0 Å². The van der Waals surface area contributed by atoms with Crippen molar-refractivity contribution in [3.63, 3.8) is 0 Å². The summed E-state index contributed by atoms with van der Waals surface area (Å²) >= 11 is 0. The first-order chi connectivity index (χ1) is 14.3. The minimum absolute atomic E-state index is 0.0752. The van der Waals surface area contributed by atoms with Crippen LogP contribution in [0, 0.1) is 0 Å². The van der Waals surface area contributed by atoms with Crippen molar-refractivity contribution in [3.8, 4) is 0 Å². The second-order valence-electron chi connectivity index (χ2n) is 6.24. The highest BCUT2D eigenvalue weighted by molar-refractivity contribution is 6.12. The van der Waals surface area contributed by atoms with Gasteiger partial charge in [0.05, 0.1) is 0 Å². The normalized spacial score (nSPS) is 9.66. The zero-order valence-electron chi connectivity index (χ0n) is 15.8. The number of ketones is 1. The lowest BCUT2D eigenvalue weighted by molar-refractivity contribution is 0.103. The fourth-order valence-corrected chi connectivity index (χ4v) is 2.82. The summed E-state index contributed by atoms with van der Waals surface area (Å²) in [5.74, 6) is 0.0752. The van der Waals surface area contributed by atoms with Crippen LogP contribution in [0.1, 0.15) is 27.0 Å². The Morgan fingerprint density at radius 1 is 0.483 bits per heavy atom. The molecule has 0 bridgehead atoms. The molecule has 0 spiro atoms. The first-order valence-electron chi connectivity index (χ1n) is 9.27. The Kier molecular flexibility index (Phi) is 7.08. The molecule has 4 aromatic carbocycles. The molecule has 0 aliphatic carbocycles. The summed E-state index contributed by atoms with van der Waals surface area (Å²) in [7, 11) is 0. The molecule has 3 nitrogen and oxygen atoms in total. The van der Waals surface area contributed by atoms with Crippen LogP contribution < -0.4 is 0 Å². The van der Waals surface area contributed by atoms with E-state index in [4.69, 9.17) is 5.21 Å². The standard InChI is InChI=1S/C13H11NO.C13H10O/c15-14-13(11-7-3-1-4-8-11)12-9-5-2-6-10-12;14-13(11-7-3-1-4-8-11)12-9-5-2-6-10-12/h1-10,15H;1-10H. The van der Waals surface area contributed by atoms with Crippen LogP contribution in [0.2, 0.25) is 0 Å². The predicted octanol–water partition coefficient (Wildman–Crippen LogP) is 5.83. The van der Waals surface area contributed by atoms with Crippen LogP contribution in [0.3, 0.4) is 0 Å². The molecule has 0 saturated carbocycles. The van der Waals surface area contributed by atoms with Crippen LogP contribution in [0.5, 0.6) is 0 Å². The molecule has 0 aliphatic rings. The lowest BCUT2D eigenvalue weighted by Crippen LogP contribution is -2.02. The minimum atomic E-state index is 0.0752. The maximum Gasteiger partial charge on any atom is 0.193 e. The van der Waals surface area contributed by atoms with E-state index in [0.717, 1.165) is 22.3 Å². The summed E-state index contributed by atoms with van der Waals surface area (Å²) in [6, 6.07) is 37.8. The van der Waals surface area contributed by atoms with Crippen molar-refractivity contribution in [2.24, 2.45) is 5.16 Å². The third kappa shape index (κ3) is 5.50. The van der Waals surface area contributed by atoms with Crippen LogP contribution in [-0.4, -0.2) is 16.7 Å². The molecule has 0 amide bonds. The van der Waals surface area contributed by atoms with E-state index in [9.17, 15) is 4.79 Å². The van der Waals surface area contributed by atoms with E-state index in [1.165, 1.54) is 0 Å². The van der Waals surface area contributed by atoms with Crippen LogP contribution in [0.4, 0.5) is 0 Å². The van der Waals surface area contributed by atoms with Crippen molar-refractivity contribution in [3.05, 3.63) is 144 Å². The highest BCUT2D eigenvalue weighted by atomic mass is 16.4. The molecule has 1 N–H and O–H groups in total. The van der Waals surface area contributed by atoms with Gasteiger partial charge in [0, 0.05) is 22.3 Å². The van der Waals surface area contributed by atoms with Crippen molar-refractivity contribution in [2.45, 2.75) is 0 Å². The zero-order valence-corrected chi connectivity index (χ0v) is 15.8. The Morgan fingerprint density at radius 3 is 1.03 bits per heavy atom. The Labute approximate surface area is 170 Å². The van der Waals surface area contributed by atoms with Crippen LogP contribution >= 0.6 is 0 Å². The zero-order chi connectivity index (χ0) is 20.3. The molecule has 0 unspecified atom stereocenters. The first-order valence-corrected chi connectivity index (χ1v) is 9.27. The SMILES string of the molecule is O=C(c1ccccc1)c1ccccc1.ON=C(c1ccccc1)c1ccccc1. The smallest absolute Gasteiger partial charge is 0.193 e. The van der Waals surface area contributed by atoms with E-state index in [1.807, 2.05) is 121 Å². The second kappa shape index (κ2) is 10.4. The summed E-state index contributed by atoms with van der Waals surface area (Å²) in [6.07, 6.45) is 0. The summed E-state index contributed by atoms with van der Waals surface area (Å²) in [6.45, 7) is 0. The highest BCUT2D eigenvalue weighted by Gasteiger charge is 2.06. The summed E-state index contributed by atoms with van der Waals surface area (Å²) in [4.78, 5) is 11.8. The first kappa shape index (κ1) is 19.8. The van der Waals surface area contributed by atoms with Crippen molar-refractivity contribution in [1.82, 2.24) is 0 Å². The molecule has 0 heterocycles. The number of benzene rings is 4. The molecule has 0 saturated heterocycles. The number of rotatable bonds is 4. The fraction of sp³-hybridized carbons (Fsp3) is 0. The topological polar surface area (TPSA) is 49.7 Å². The Balaban J connectivity index is 0.000000166. The molecule has 0 aliphatic heterocycles. The predicted molar refractivity (Wildman–Crippen MR) is 117 cm³/mol. The lowest BCUT2D eigenvalue weighted by Gasteiger charge is -2.03. The maximum atomic E-state index is 11.8. The summed E-state index contributed by atoms with van der Waals surface area (Å²) in [5.41, 5.74) is 3.88. The van der Waals surface area contributed by atoms with Crippen molar-refractivity contribution < 1.29 is 10.0 Å². The summed E-state index contributed by atoms with van der Waals surface area (Å²) in [5, 5.41) is 12.4. The van der Waals surface area contributed by atoms with Gasteiger partial charge in [0.15, 0.2) is 5.78 Å². The quantitative estimate of drug-likeness (QED) is 0.210. The van der Waals surface area contributed by atoms with Gasteiger partial charge in [-0.1, -0.05) is 126 Å². The van der Waals surface area contributed by atoms with Crippen molar-refractivity contribution in [1.29, 1.82) is 0 Å². The Morgan fingerprint density at radius 2 is 0.759 bits per heavy atom. The Bertz CT molecular complexity index is 962. The monoisotopic (exact) mass is 379 g/mol. The van der Waals surface area contributed by atoms with E-state index in [0.29, 0.717) is 5.71 Å². The number of carbonyl (C=O) groups excluding carboxylic acids is 1. The van der Waals surface area contributed by atoms with E-state index < -0.39 is 0 Å². The number of carbonyl (C=O) groups is 1. The molecule has 0 atom stereocenters. The minimum Gasteiger partial charge on any atom is -0.410 e. The maximum absolute atomic E-state index is 11.8. The third-order valence-corrected chi connectivity index (χ3v) is 4.27. The molecule has 0 radical (unpaired) electrons. The van der Waals surface area contributed by atoms with Gasteiger partial charge >= 0.3 is 0 Å². The van der Waals surface area contributed by atoms with Crippen LogP contribution in [0.25, 0.3) is 0 Å². The van der Waals surface area contributed by atoms with E-state index in [2.05, 4.69) is 5.16 Å².